The first-order valence-corrected chi connectivity index (χ1v) is 11.5. The predicted octanol–water partition coefficient (Wildman–Crippen LogP) is 3.51. The van der Waals surface area contributed by atoms with Crippen molar-refractivity contribution in [2.24, 2.45) is 0 Å². The molecule has 0 saturated heterocycles. The number of carbonyl (C=O) groups excluding carboxylic acids is 1. The zero-order valence-electron chi connectivity index (χ0n) is 15.8. The van der Waals surface area contributed by atoms with Crippen molar-refractivity contribution < 1.29 is 22.7 Å². The molecule has 1 saturated carbocycles. The average molecular weight is 436 g/mol. The van der Waals surface area contributed by atoms with Gasteiger partial charge in [-0.2, -0.15) is 0 Å². The molecular weight excluding hydrogens is 414 g/mol. The number of hydrogen-bond acceptors (Lipinski definition) is 5. The zero-order valence-corrected chi connectivity index (χ0v) is 17.4. The van der Waals surface area contributed by atoms with E-state index in [2.05, 4.69) is 5.32 Å². The van der Waals surface area contributed by atoms with Gasteiger partial charge in [0.1, 0.15) is 13.2 Å². The van der Waals surface area contributed by atoms with E-state index in [1.165, 1.54) is 24.3 Å². The molecule has 1 aliphatic heterocycles. The van der Waals surface area contributed by atoms with Crippen LogP contribution in [-0.2, 0) is 21.2 Å². The lowest BCUT2D eigenvalue weighted by Crippen LogP contribution is -2.50. The molecule has 0 bridgehead atoms. The van der Waals surface area contributed by atoms with E-state index in [0.717, 1.165) is 5.56 Å². The Bertz CT molecular complexity index is 1010. The van der Waals surface area contributed by atoms with Gasteiger partial charge in [-0.1, -0.05) is 36.6 Å². The Morgan fingerprint density at radius 1 is 1.03 bits per heavy atom. The fourth-order valence-corrected chi connectivity index (χ4v) is 6.23. The van der Waals surface area contributed by atoms with Gasteiger partial charge in [-0.15, -0.1) is 0 Å². The molecule has 2 aliphatic rings. The summed E-state index contributed by atoms with van der Waals surface area (Å²) >= 11 is 5.90. The number of sulfone groups is 1. The second kappa shape index (κ2) is 7.88. The van der Waals surface area contributed by atoms with Crippen LogP contribution in [0.1, 0.15) is 31.2 Å². The number of ether oxygens (including phenoxy) is 2. The Labute approximate surface area is 175 Å². The van der Waals surface area contributed by atoms with Gasteiger partial charge in [-0.05, 0) is 43.2 Å². The first-order valence-electron chi connectivity index (χ1n) is 9.60. The molecule has 0 aromatic heterocycles. The minimum Gasteiger partial charge on any atom is -0.486 e. The van der Waals surface area contributed by atoms with Crippen LogP contribution in [0.4, 0.5) is 0 Å². The number of halogens is 1. The zero-order chi connectivity index (χ0) is 20.5. The lowest BCUT2D eigenvalue weighted by atomic mass is 10.1. The Kier molecular flexibility index (Phi) is 5.44. The maximum atomic E-state index is 13.4. The molecule has 0 unspecified atom stereocenters. The van der Waals surface area contributed by atoms with E-state index in [1.54, 1.807) is 0 Å². The number of amides is 1. The molecule has 0 radical (unpaired) electrons. The standard InChI is InChI=1S/C21H22ClNO5S/c22-16-6-8-17(9-7-16)29(25,26)21(10-1-2-11-21)20(24)23-14-15-4-3-5-18-19(15)28-13-12-27-18/h3-9H,1-2,10-14H2,(H,23,24). The topological polar surface area (TPSA) is 81.7 Å². The van der Waals surface area contributed by atoms with Crippen molar-refractivity contribution in [1.82, 2.24) is 5.32 Å². The molecule has 1 amide bonds. The molecule has 0 atom stereocenters. The summed E-state index contributed by atoms with van der Waals surface area (Å²) in [6.07, 6.45) is 1.99. The van der Waals surface area contributed by atoms with Gasteiger partial charge in [-0.3, -0.25) is 4.79 Å². The van der Waals surface area contributed by atoms with Gasteiger partial charge in [-0.25, -0.2) is 8.42 Å². The van der Waals surface area contributed by atoms with Gasteiger partial charge in [0, 0.05) is 17.1 Å². The molecule has 0 spiro atoms. The molecule has 1 fully saturated rings. The third-order valence-electron chi connectivity index (χ3n) is 5.55. The van der Waals surface area contributed by atoms with Gasteiger partial charge < -0.3 is 14.8 Å². The summed E-state index contributed by atoms with van der Waals surface area (Å²) in [5.41, 5.74) is 0.757. The Hall–Kier alpha value is -2.25. The Morgan fingerprint density at radius 2 is 1.72 bits per heavy atom. The molecule has 1 heterocycles. The number of rotatable bonds is 5. The highest BCUT2D eigenvalue weighted by Crippen LogP contribution is 2.41. The van der Waals surface area contributed by atoms with Crippen LogP contribution in [0.3, 0.4) is 0 Å². The maximum Gasteiger partial charge on any atom is 0.242 e. The number of carbonyl (C=O) groups is 1. The number of fused-ring (bicyclic) bond motifs is 1. The van der Waals surface area contributed by atoms with Gasteiger partial charge in [0.25, 0.3) is 0 Å². The Balaban J connectivity index is 1.59. The van der Waals surface area contributed by atoms with Gasteiger partial charge >= 0.3 is 0 Å². The monoisotopic (exact) mass is 435 g/mol. The molecule has 6 nitrogen and oxygen atoms in total. The van der Waals surface area contributed by atoms with Gasteiger partial charge in [0.2, 0.25) is 5.91 Å². The van der Waals surface area contributed by atoms with Crippen molar-refractivity contribution in [1.29, 1.82) is 0 Å². The summed E-state index contributed by atoms with van der Waals surface area (Å²) in [6, 6.07) is 11.5. The third kappa shape index (κ3) is 3.57. The first kappa shape index (κ1) is 20.0. The van der Waals surface area contributed by atoms with E-state index >= 15 is 0 Å². The van der Waals surface area contributed by atoms with Crippen LogP contribution in [0.2, 0.25) is 5.02 Å². The molecule has 154 valence electrons. The lowest BCUT2D eigenvalue weighted by molar-refractivity contribution is -0.123. The highest BCUT2D eigenvalue weighted by Gasteiger charge is 2.52. The van der Waals surface area contributed by atoms with E-state index in [4.69, 9.17) is 21.1 Å². The summed E-state index contributed by atoms with van der Waals surface area (Å²) in [5.74, 6) is 0.756. The number of benzene rings is 2. The van der Waals surface area contributed by atoms with Crippen molar-refractivity contribution in [3.63, 3.8) is 0 Å². The second-order valence-electron chi connectivity index (χ2n) is 7.28. The van der Waals surface area contributed by atoms with Crippen molar-refractivity contribution in [3.8, 4) is 11.5 Å². The van der Waals surface area contributed by atoms with Crippen LogP contribution < -0.4 is 14.8 Å². The number of para-hydroxylation sites is 1. The summed E-state index contributed by atoms with van der Waals surface area (Å²) < 4.78 is 36.6. The SMILES string of the molecule is O=C(NCc1cccc2c1OCCO2)C1(S(=O)(=O)c2ccc(Cl)cc2)CCCC1. The first-order chi connectivity index (χ1) is 13.9. The van der Waals surface area contributed by atoms with Crippen LogP contribution in [0.15, 0.2) is 47.4 Å². The van der Waals surface area contributed by atoms with Gasteiger partial charge in [0.15, 0.2) is 26.1 Å². The highest BCUT2D eigenvalue weighted by molar-refractivity contribution is 7.93. The predicted molar refractivity (Wildman–Crippen MR) is 109 cm³/mol. The number of hydrogen-bond donors (Lipinski definition) is 1. The normalized spacial score (nSPS) is 17.7. The molecule has 4 rings (SSSR count). The van der Waals surface area contributed by atoms with E-state index in [1.807, 2.05) is 18.2 Å². The second-order valence-corrected chi connectivity index (χ2v) is 9.98. The average Bonchev–Trinajstić information content (AvgIpc) is 3.24. The van der Waals surface area contributed by atoms with Gasteiger partial charge in [0.05, 0.1) is 4.90 Å². The summed E-state index contributed by atoms with van der Waals surface area (Å²) in [5, 5.41) is 3.29. The molecule has 2 aromatic rings. The third-order valence-corrected chi connectivity index (χ3v) is 8.32. The summed E-state index contributed by atoms with van der Waals surface area (Å²) in [7, 11) is -3.86. The summed E-state index contributed by atoms with van der Waals surface area (Å²) in [6.45, 7) is 1.08. The quantitative estimate of drug-likeness (QED) is 0.777. The minimum absolute atomic E-state index is 0.118. The van der Waals surface area contributed by atoms with E-state index < -0.39 is 20.5 Å². The minimum atomic E-state index is -3.86. The van der Waals surface area contributed by atoms with Crippen molar-refractivity contribution >= 4 is 27.3 Å². The fraction of sp³-hybridized carbons (Fsp3) is 0.381. The van der Waals surface area contributed by atoms with Crippen molar-refractivity contribution in [3.05, 3.63) is 53.1 Å². The van der Waals surface area contributed by atoms with E-state index in [9.17, 15) is 13.2 Å². The van der Waals surface area contributed by atoms with Crippen LogP contribution in [0, 0.1) is 0 Å². The van der Waals surface area contributed by atoms with Crippen LogP contribution >= 0.6 is 11.6 Å². The van der Waals surface area contributed by atoms with Crippen molar-refractivity contribution in [2.75, 3.05) is 13.2 Å². The molecule has 2 aromatic carbocycles. The number of nitrogens with one attached hydrogen (secondary N) is 1. The van der Waals surface area contributed by atoms with Crippen LogP contribution in [-0.4, -0.2) is 32.3 Å². The lowest BCUT2D eigenvalue weighted by Gasteiger charge is -2.28. The molecule has 29 heavy (non-hydrogen) atoms. The highest BCUT2D eigenvalue weighted by atomic mass is 35.5. The van der Waals surface area contributed by atoms with Crippen LogP contribution in [0.5, 0.6) is 11.5 Å². The smallest absolute Gasteiger partial charge is 0.242 e. The maximum absolute atomic E-state index is 13.4. The van der Waals surface area contributed by atoms with Crippen molar-refractivity contribution in [2.45, 2.75) is 41.9 Å². The largest absolute Gasteiger partial charge is 0.486 e. The van der Waals surface area contributed by atoms with E-state index in [-0.39, 0.29) is 11.4 Å². The molecular formula is C21H22ClNO5S. The van der Waals surface area contributed by atoms with E-state index in [0.29, 0.717) is 55.4 Å². The Morgan fingerprint density at radius 3 is 2.45 bits per heavy atom. The van der Waals surface area contributed by atoms with Crippen LogP contribution in [0.25, 0.3) is 0 Å². The molecule has 8 heteroatoms. The molecule has 1 aliphatic carbocycles. The molecule has 1 N–H and O–H groups in total. The fourth-order valence-electron chi connectivity index (χ4n) is 4.01. The summed E-state index contributed by atoms with van der Waals surface area (Å²) in [4.78, 5) is 13.3.